The van der Waals surface area contributed by atoms with Gasteiger partial charge in [-0.05, 0) is 55.7 Å². The van der Waals surface area contributed by atoms with Crippen molar-refractivity contribution in [3.05, 3.63) is 23.8 Å². The number of hydrogen-bond donors (Lipinski definition) is 2. The third kappa shape index (κ3) is 5.78. The van der Waals surface area contributed by atoms with Gasteiger partial charge in [0, 0.05) is 19.1 Å². The maximum absolute atomic E-state index is 12.5. The number of hydrogen-bond acceptors (Lipinski definition) is 5. The van der Waals surface area contributed by atoms with E-state index in [-0.39, 0.29) is 36.3 Å². The average molecular weight is 405 g/mol. The quantitative estimate of drug-likeness (QED) is 0.787. The summed E-state index contributed by atoms with van der Waals surface area (Å²) in [5.41, 5.74) is 0.778. The van der Waals surface area contributed by atoms with E-state index in [2.05, 4.69) is 12.2 Å². The lowest BCUT2D eigenvalue weighted by atomic mass is 9.88. The summed E-state index contributed by atoms with van der Waals surface area (Å²) in [7, 11) is 1.48. The highest BCUT2D eigenvalue weighted by atomic mass is 16.6. The second-order valence-corrected chi connectivity index (χ2v) is 8.20. The number of carbonyl (C=O) groups is 2. The minimum absolute atomic E-state index is 0.0379. The molecule has 1 heterocycles. The topological polar surface area (TPSA) is 88.1 Å². The summed E-state index contributed by atoms with van der Waals surface area (Å²) in [5.74, 6) is 0.769. The number of ether oxygens (including phenoxy) is 2. The van der Waals surface area contributed by atoms with Gasteiger partial charge in [0.05, 0.1) is 13.5 Å². The molecule has 0 spiro atoms. The number of carbonyl (C=O) groups excluding carboxylic acids is 2. The Balaban J connectivity index is 1.42. The molecule has 3 rings (SSSR count). The van der Waals surface area contributed by atoms with Gasteiger partial charge < -0.3 is 24.8 Å². The fourth-order valence-corrected chi connectivity index (χ4v) is 4.16. The first-order chi connectivity index (χ1) is 14.0. The lowest BCUT2D eigenvalue weighted by Crippen LogP contribution is -2.48. The van der Waals surface area contributed by atoms with Crippen LogP contribution in [0.2, 0.25) is 0 Å². The number of phenolic OH excluding ortho intramolecular Hbond substituents is 1. The first-order valence-corrected chi connectivity index (χ1v) is 10.6. The number of amides is 2. The molecule has 2 atom stereocenters. The van der Waals surface area contributed by atoms with E-state index in [4.69, 9.17) is 9.47 Å². The molecule has 1 aliphatic heterocycles. The van der Waals surface area contributed by atoms with E-state index in [1.54, 1.807) is 17.0 Å². The van der Waals surface area contributed by atoms with Crippen molar-refractivity contribution in [2.24, 2.45) is 5.92 Å². The molecule has 0 unspecified atom stereocenters. The molecule has 1 saturated heterocycles. The highest BCUT2D eigenvalue weighted by molar-refractivity contribution is 5.79. The van der Waals surface area contributed by atoms with Crippen LogP contribution in [0.1, 0.15) is 51.0 Å². The number of methoxy groups -OCH3 is 1. The zero-order valence-corrected chi connectivity index (χ0v) is 17.4. The van der Waals surface area contributed by atoms with E-state index < -0.39 is 0 Å². The third-order valence-corrected chi connectivity index (χ3v) is 6.01. The smallest absolute Gasteiger partial charge is 0.410 e. The van der Waals surface area contributed by atoms with Gasteiger partial charge in [0.25, 0.3) is 0 Å². The van der Waals surface area contributed by atoms with Crippen LogP contribution in [0.25, 0.3) is 0 Å². The molecule has 0 radical (unpaired) electrons. The van der Waals surface area contributed by atoms with Crippen LogP contribution in [-0.2, 0) is 16.0 Å². The zero-order valence-electron chi connectivity index (χ0n) is 17.4. The molecule has 2 aliphatic rings. The summed E-state index contributed by atoms with van der Waals surface area (Å²) in [5, 5.41) is 12.7. The third-order valence-electron chi connectivity index (χ3n) is 6.01. The van der Waals surface area contributed by atoms with Gasteiger partial charge in [0.15, 0.2) is 11.5 Å². The molecule has 7 heteroatoms. The van der Waals surface area contributed by atoms with Gasteiger partial charge in [-0.25, -0.2) is 4.79 Å². The lowest BCUT2D eigenvalue weighted by Gasteiger charge is -2.35. The Morgan fingerprint density at radius 1 is 1.17 bits per heavy atom. The first-order valence-electron chi connectivity index (χ1n) is 10.6. The monoisotopic (exact) mass is 404 g/mol. The number of rotatable bonds is 5. The summed E-state index contributed by atoms with van der Waals surface area (Å²) in [6, 6.07) is 4.96. The van der Waals surface area contributed by atoms with Crippen molar-refractivity contribution in [1.82, 2.24) is 10.2 Å². The van der Waals surface area contributed by atoms with Gasteiger partial charge in [0.1, 0.15) is 6.10 Å². The Bertz CT molecular complexity index is 715. The summed E-state index contributed by atoms with van der Waals surface area (Å²) in [4.78, 5) is 26.6. The van der Waals surface area contributed by atoms with E-state index in [0.29, 0.717) is 24.8 Å². The molecule has 1 aromatic rings. The van der Waals surface area contributed by atoms with Gasteiger partial charge in [0.2, 0.25) is 5.91 Å². The van der Waals surface area contributed by atoms with E-state index in [9.17, 15) is 14.7 Å². The van der Waals surface area contributed by atoms with Crippen molar-refractivity contribution in [3.63, 3.8) is 0 Å². The van der Waals surface area contributed by atoms with Gasteiger partial charge in [-0.1, -0.05) is 19.4 Å². The second-order valence-electron chi connectivity index (χ2n) is 8.20. The van der Waals surface area contributed by atoms with Crippen molar-refractivity contribution in [2.75, 3.05) is 20.2 Å². The van der Waals surface area contributed by atoms with Crippen molar-refractivity contribution >= 4 is 12.0 Å². The average Bonchev–Trinajstić information content (AvgIpc) is 2.71. The largest absolute Gasteiger partial charge is 0.504 e. The van der Waals surface area contributed by atoms with Crippen LogP contribution >= 0.6 is 0 Å². The van der Waals surface area contributed by atoms with Gasteiger partial charge >= 0.3 is 6.09 Å². The van der Waals surface area contributed by atoms with E-state index in [1.165, 1.54) is 19.6 Å². The van der Waals surface area contributed by atoms with E-state index in [1.807, 2.05) is 0 Å². The molecule has 1 aromatic carbocycles. The molecule has 0 aromatic heterocycles. The minimum atomic E-state index is -0.218. The normalized spacial score (nSPS) is 22.8. The summed E-state index contributed by atoms with van der Waals surface area (Å²) in [6.07, 6.45) is 5.92. The van der Waals surface area contributed by atoms with Crippen LogP contribution in [0.4, 0.5) is 4.79 Å². The van der Waals surface area contributed by atoms with Gasteiger partial charge in [-0.15, -0.1) is 0 Å². The highest BCUT2D eigenvalue weighted by Gasteiger charge is 2.29. The first kappa shape index (κ1) is 21.3. The Morgan fingerprint density at radius 3 is 2.59 bits per heavy atom. The summed E-state index contributed by atoms with van der Waals surface area (Å²) >= 11 is 0. The van der Waals surface area contributed by atoms with Crippen LogP contribution in [0.15, 0.2) is 18.2 Å². The van der Waals surface area contributed by atoms with Crippen LogP contribution in [-0.4, -0.2) is 54.4 Å². The van der Waals surface area contributed by atoms with Crippen molar-refractivity contribution < 1.29 is 24.2 Å². The predicted octanol–water partition coefficient (Wildman–Crippen LogP) is 3.24. The molecule has 7 nitrogen and oxygen atoms in total. The zero-order chi connectivity index (χ0) is 20.8. The molecule has 2 N–H and O–H groups in total. The van der Waals surface area contributed by atoms with Gasteiger partial charge in [-0.3, -0.25) is 4.79 Å². The Labute approximate surface area is 172 Å². The maximum atomic E-state index is 12.5. The molecular weight excluding hydrogens is 372 g/mol. The van der Waals surface area contributed by atoms with E-state index in [0.717, 1.165) is 37.7 Å². The fourth-order valence-electron chi connectivity index (χ4n) is 4.16. The molecule has 1 aliphatic carbocycles. The van der Waals surface area contributed by atoms with Crippen molar-refractivity contribution in [2.45, 2.75) is 64.0 Å². The van der Waals surface area contributed by atoms with Crippen LogP contribution in [0.5, 0.6) is 11.5 Å². The van der Waals surface area contributed by atoms with Crippen LogP contribution < -0.4 is 10.1 Å². The second kappa shape index (κ2) is 9.85. The lowest BCUT2D eigenvalue weighted by molar-refractivity contribution is -0.121. The molecule has 29 heavy (non-hydrogen) atoms. The predicted molar refractivity (Wildman–Crippen MR) is 109 cm³/mol. The minimum Gasteiger partial charge on any atom is -0.504 e. The Hall–Kier alpha value is -2.44. The Morgan fingerprint density at radius 2 is 1.90 bits per heavy atom. The maximum Gasteiger partial charge on any atom is 0.410 e. The molecule has 160 valence electrons. The standard InChI is InChI=1S/C22H32N2O5/c1-15-5-3-4-6-19(15)29-22(27)24-11-9-17(10-12-24)23-21(26)14-16-7-8-18(25)20(13-16)28-2/h7-8,13,15,17,19,25H,3-6,9-12,14H2,1-2H3,(H,23,26)/t15-,19-/m0/s1. The summed E-state index contributed by atoms with van der Waals surface area (Å²) in [6.45, 7) is 3.35. The van der Waals surface area contributed by atoms with Crippen LogP contribution in [0.3, 0.4) is 0 Å². The van der Waals surface area contributed by atoms with Crippen molar-refractivity contribution in [3.8, 4) is 11.5 Å². The number of benzene rings is 1. The van der Waals surface area contributed by atoms with E-state index >= 15 is 0 Å². The number of nitrogens with zero attached hydrogens (tertiary/aromatic N) is 1. The van der Waals surface area contributed by atoms with Crippen molar-refractivity contribution in [1.29, 1.82) is 0 Å². The van der Waals surface area contributed by atoms with Gasteiger partial charge in [-0.2, -0.15) is 0 Å². The van der Waals surface area contributed by atoms with Crippen LogP contribution in [0, 0.1) is 5.92 Å². The Kier molecular flexibility index (Phi) is 7.23. The molecule has 0 bridgehead atoms. The number of piperidine rings is 1. The molecule has 2 fully saturated rings. The summed E-state index contributed by atoms with van der Waals surface area (Å²) < 4.78 is 10.8. The number of nitrogens with one attached hydrogen (secondary N) is 1. The number of likely N-dealkylation sites (tertiary alicyclic amines) is 1. The molecule has 2 amide bonds. The fraction of sp³-hybridized carbons (Fsp3) is 0.636. The highest BCUT2D eigenvalue weighted by Crippen LogP contribution is 2.28. The number of aromatic hydroxyl groups is 1. The molecular formula is C22H32N2O5. The molecule has 1 saturated carbocycles. The number of phenols is 1. The SMILES string of the molecule is COc1cc(CC(=O)NC2CCN(C(=O)O[C@H]3CCCC[C@@H]3C)CC2)ccc1O.